The lowest BCUT2D eigenvalue weighted by atomic mass is 9.93. The lowest BCUT2D eigenvalue weighted by Crippen LogP contribution is -2.43. The fourth-order valence-corrected chi connectivity index (χ4v) is 1.96. The van der Waals surface area contributed by atoms with Crippen molar-refractivity contribution in [3.63, 3.8) is 0 Å². The Bertz CT molecular complexity index is 351. The van der Waals surface area contributed by atoms with Crippen molar-refractivity contribution >= 4 is 15.9 Å². The molecule has 0 bridgehead atoms. The highest BCUT2D eigenvalue weighted by Gasteiger charge is 2.25. The third-order valence-electron chi connectivity index (χ3n) is 2.24. The monoisotopic (exact) mass is 267 g/mol. The van der Waals surface area contributed by atoms with E-state index in [0.29, 0.717) is 6.61 Å². The maximum Gasteiger partial charge on any atom is 0.213 e. The van der Waals surface area contributed by atoms with Crippen LogP contribution in [0.1, 0.15) is 20.8 Å². The van der Waals surface area contributed by atoms with E-state index in [0.717, 1.165) is 0 Å². The van der Waals surface area contributed by atoms with E-state index in [9.17, 15) is 8.42 Å². The van der Waals surface area contributed by atoms with E-state index < -0.39 is 15.4 Å². The first-order valence-electron chi connectivity index (χ1n) is 5.28. The molecule has 102 valence electrons. The van der Waals surface area contributed by atoms with Gasteiger partial charge in [-0.3, -0.25) is 0 Å². The van der Waals surface area contributed by atoms with Crippen LogP contribution in [0.4, 0.5) is 0 Å². The van der Waals surface area contributed by atoms with Gasteiger partial charge in [0.25, 0.3) is 0 Å². The summed E-state index contributed by atoms with van der Waals surface area (Å²) in [4.78, 5) is 0. The van der Waals surface area contributed by atoms with Crippen LogP contribution in [-0.4, -0.2) is 45.0 Å². The number of nitrogens with two attached hydrogens (primary N) is 1. The second-order valence-corrected chi connectivity index (χ2v) is 6.13. The Balaban J connectivity index is 4.27. The second-order valence-electron chi connectivity index (χ2n) is 4.21. The minimum atomic E-state index is -3.40. The summed E-state index contributed by atoms with van der Waals surface area (Å²) in [5.41, 5.74) is 4.70. The standard InChI is InChI=1S/C9H21N3O4S/c1-4-16-5-6-17(14,15)11-7-9(2,3)8(10)12-13/h11,13H,4-7H2,1-3H3,(H2,10,12). The van der Waals surface area contributed by atoms with Crippen LogP contribution in [0.5, 0.6) is 0 Å². The van der Waals surface area contributed by atoms with Gasteiger partial charge in [0.1, 0.15) is 5.84 Å². The minimum Gasteiger partial charge on any atom is -0.409 e. The van der Waals surface area contributed by atoms with Gasteiger partial charge in [0.05, 0.1) is 12.4 Å². The van der Waals surface area contributed by atoms with E-state index >= 15 is 0 Å². The molecule has 0 radical (unpaired) electrons. The zero-order valence-electron chi connectivity index (χ0n) is 10.4. The van der Waals surface area contributed by atoms with Crippen molar-refractivity contribution in [3.05, 3.63) is 0 Å². The molecule has 7 nitrogen and oxygen atoms in total. The smallest absolute Gasteiger partial charge is 0.213 e. The van der Waals surface area contributed by atoms with E-state index in [1.54, 1.807) is 20.8 Å². The Hall–Kier alpha value is -0.860. The topological polar surface area (TPSA) is 114 Å². The van der Waals surface area contributed by atoms with Crippen LogP contribution >= 0.6 is 0 Å². The maximum absolute atomic E-state index is 11.5. The Morgan fingerprint density at radius 3 is 2.59 bits per heavy atom. The number of hydrogen-bond donors (Lipinski definition) is 3. The summed E-state index contributed by atoms with van der Waals surface area (Å²) in [6.45, 7) is 5.83. The van der Waals surface area contributed by atoms with Gasteiger partial charge in [-0.15, -0.1) is 0 Å². The predicted octanol–water partition coefficient (Wildman–Crippen LogP) is -0.285. The van der Waals surface area contributed by atoms with Gasteiger partial charge in [-0.05, 0) is 6.92 Å². The molecular formula is C9H21N3O4S. The van der Waals surface area contributed by atoms with Crippen molar-refractivity contribution < 1.29 is 18.4 Å². The van der Waals surface area contributed by atoms with E-state index in [2.05, 4.69) is 9.88 Å². The lowest BCUT2D eigenvalue weighted by Gasteiger charge is -2.22. The molecule has 0 saturated carbocycles. The van der Waals surface area contributed by atoms with Crippen molar-refractivity contribution in [1.29, 1.82) is 0 Å². The molecule has 0 atom stereocenters. The Morgan fingerprint density at radius 1 is 1.53 bits per heavy atom. The molecule has 0 amide bonds. The van der Waals surface area contributed by atoms with E-state index in [4.69, 9.17) is 15.7 Å². The first kappa shape index (κ1) is 16.1. The normalized spacial score (nSPS) is 13.9. The van der Waals surface area contributed by atoms with Gasteiger partial charge in [-0.1, -0.05) is 19.0 Å². The van der Waals surface area contributed by atoms with Crippen LogP contribution in [0.2, 0.25) is 0 Å². The van der Waals surface area contributed by atoms with Gasteiger partial charge < -0.3 is 15.7 Å². The maximum atomic E-state index is 11.5. The van der Waals surface area contributed by atoms with Crippen LogP contribution in [0, 0.1) is 5.41 Å². The molecule has 0 aliphatic carbocycles. The quantitative estimate of drug-likeness (QED) is 0.184. The van der Waals surface area contributed by atoms with Crippen LogP contribution in [-0.2, 0) is 14.8 Å². The molecule has 4 N–H and O–H groups in total. The van der Waals surface area contributed by atoms with Crippen LogP contribution in [0.3, 0.4) is 0 Å². The fourth-order valence-electron chi connectivity index (χ4n) is 0.901. The molecule has 0 aromatic rings. The number of oxime groups is 1. The molecule has 0 aromatic heterocycles. The summed E-state index contributed by atoms with van der Waals surface area (Å²) in [6.07, 6.45) is 0. The van der Waals surface area contributed by atoms with E-state index in [1.165, 1.54) is 0 Å². The lowest BCUT2D eigenvalue weighted by molar-refractivity contribution is 0.163. The molecule has 8 heteroatoms. The highest BCUT2D eigenvalue weighted by Crippen LogP contribution is 2.13. The van der Waals surface area contributed by atoms with Gasteiger partial charge in [-0.2, -0.15) is 0 Å². The van der Waals surface area contributed by atoms with E-state index in [-0.39, 0.29) is 24.7 Å². The highest BCUT2D eigenvalue weighted by atomic mass is 32.2. The van der Waals surface area contributed by atoms with Crippen molar-refractivity contribution in [1.82, 2.24) is 4.72 Å². The molecule has 0 rings (SSSR count). The molecule has 0 aromatic carbocycles. The minimum absolute atomic E-state index is 0.0231. The zero-order chi connectivity index (χ0) is 13.5. The SMILES string of the molecule is CCOCCS(=O)(=O)NCC(C)(C)C(N)=NO. The van der Waals surface area contributed by atoms with Gasteiger partial charge >= 0.3 is 0 Å². The number of amidine groups is 1. The first-order valence-corrected chi connectivity index (χ1v) is 6.93. The number of ether oxygens (including phenoxy) is 1. The fraction of sp³-hybridized carbons (Fsp3) is 0.889. The van der Waals surface area contributed by atoms with E-state index in [1.807, 2.05) is 0 Å². The summed E-state index contributed by atoms with van der Waals surface area (Å²) in [5.74, 6) is -0.127. The molecular weight excluding hydrogens is 246 g/mol. The third kappa shape index (κ3) is 6.44. The first-order chi connectivity index (χ1) is 7.75. The average Bonchev–Trinajstić information content (AvgIpc) is 2.26. The molecule has 0 heterocycles. The molecule has 0 unspecified atom stereocenters. The molecule has 0 aliphatic heterocycles. The van der Waals surface area contributed by atoms with Gasteiger partial charge in [0.2, 0.25) is 10.0 Å². The number of sulfonamides is 1. The third-order valence-corrected chi connectivity index (χ3v) is 3.52. The number of hydrogen-bond acceptors (Lipinski definition) is 5. The molecule has 0 aliphatic rings. The van der Waals surface area contributed by atoms with Gasteiger partial charge in [0.15, 0.2) is 0 Å². The molecule has 0 fully saturated rings. The molecule has 0 saturated heterocycles. The number of rotatable bonds is 8. The van der Waals surface area contributed by atoms with Crippen LogP contribution in [0.25, 0.3) is 0 Å². The number of nitrogens with one attached hydrogen (secondary N) is 1. The Labute approximate surface area is 102 Å². The van der Waals surface area contributed by atoms with Crippen molar-refractivity contribution in [2.45, 2.75) is 20.8 Å². The van der Waals surface area contributed by atoms with Crippen LogP contribution < -0.4 is 10.5 Å². The second kappa shape index (κ2) is 6.77. The Morgan fingerprint density at radius 2 is 2.12 bits per heavy atom. The van der Waals surface area contributed by atoms with Gasteiger partial charge in [0, 0.05) is 18.6 Å². The highest BCUT2D eigenvalue weighted by molar-refractivity contribution is 7.89. The van der Waals surface area contributed by atoms with Crippen molar-refractivity contribution in [3.8, 4) is 0 Å². The summed E-state index contributed by atoms with van der Waals surface area (Å²) in [5, 5.41) is 11.4. The Kier molecular flexibility index (Phi) is 6.43. The van der Waals surface area contributed by atoms with Gasteiger partial charge in [-0.25, -0.2) is 13.1 Å². The number of nitrogens with zero attached hydrogens (tertiary/aromatic N) is 1. The largest absolute Gasteiger partial charge is 0.409 e. The summed E-state index contributed by atoms with van der Waals surface area (Å²) in [7, 11) is -3.40. The summed E-state index contributed by atoms with van der Waals surface area (Å²) < 4.78 is 30.4. The zero-order valence-corrected chi connectivity index (χ0v) is 11.2. The van der Waals surface area contributed by atoms with Crippen molar-refractivity contribution in [2.75, 3.05) is 25.5 Å². The summed E-state index contributed by atoms with van der Waals surface area (Å²) in [6, 6.07) is 0. The van der Waals surface area contributed by atoms with Crippen molar-refractivity contribution in [2.24, 2.45) is 16.3 Å². The van der Waals surface area contributed by atoms with Crippen LogP contribution in [0.15, 0.2) is 5.16 Å². The average molecular weight is 267 g/mol. The molecule has 17 heavy (non-hydrogen) atoms. The summed E-state index contributed by atoms with van der Waals surface area (Å²) >= 11 is 0. The molecule has 0 spiro atoms. The predicted molar refractivity (Wildman–Crippen MR) is 65.5 cm³/mol.